The van der Waals surface area contributed by atoms with Crippen LogP contribution in [-0.2, 0) is 0 Å². The van der Waals surface area contributed by atoms with Crippen molar-refractivity contribution in [2.45, 2.75) is 12.0 Å². The molecular formula is C14H16O6. The molecule has 0 bridgehead atoms. The van der Waals surface area contributed by atoms with Crippen LogP contribution in [0.1, 0.15) is 6.42 Å². The fraction of sp³-hybridized carbons (Fsp3) is 0.357. The predicted molar refractivity (Wildman–Crippen MR) is 71.7 cm³/mol. The first kappa shape index (κ1) is 14.5. The smallest absolute Gasteiger partial charge is 0.336 e. The van der Waals surface area contributed by atoms with Gasteiger partial charge in [-0.3, -0.25) is 0 Å². The van der Waals surface area contributed by atoms with Crippen LogP contribution in [0.4, 0.5) is 0 Å². The van der Waals surface area contributed by atoms with Crippen LogP contribution in [0.25, 0.3) is 11.0 Å². The second-order valence-corrected chi connectivity index (χ2v) is 4.59. The highest BCUT2D eigenvalue weighted by atomic mass is 16.5. The molecule has 0 aliphatic rings. The van der Waals surface area contributed by atoms with Crippen LogP contribution >= 0.6 is 0 Å². The van der Waals surface area contributed by atoms with E-state index in [2.05, 4.69) is 0 Å². The molecule has 6 nitrogen and oxygen atoms in total. The van der Waals surface area contributed by atoms with Gasteiger partial charge in [-0.25, -0.2) is 4.79 Å². The Kier molecular flexibility index (Phi) is 4.39. The molecule has 0 radical (unpaired) electrons. The molecule has 20 heavy (non-hydrogen) atoms. The lowest BCUT2D eigenvalue weighted by molar-refractivity contribution is -0.0663. The zero-order valence-electron chi connectivity index (χ0n) is 10.8. The average molecular weight is 280 g/mol. The van der Waals surface area contributed by atoms with Crippen LogP contribution in [0.2, 0.25) is 0 Å². The lowest BCUT2D eigenvalue weighted by atomic mass is 10.0. The number of fused-ring (bicyclic) bond motifs is 1. The number of ether oxygens (including phenoxy) is 1. The van der Waals surface area contributed by atoms with Gasteiger partial charge >= 0.3 is 5.63 Å². The van der Waals surface area contributed by atoms with Gasteiger partial charge in [-0.1, -0.05) is 0 Å². The van der Waals surface area contributed by atoms with Crippen molar-refractivity contribution < 1.29 is 24.5 Å². The Labute approximate surface area is 114 Å². The summed E-state index contributed by atoms with van der Waals surface area (Å²) in [5.74, 6) is 0.477. The predicted octanol–water partition coefficient (Wildman–Crippen LogP) is 0.278. The molecule has 1 aromatic heterocycles. The Hall–Kier alpha value is -1.89. The van der Waals surface area contributed by atoms with Crippen LogP contribution in [0.3, 0.4) is 0 Å². The Morgan fingerprint density at radius 3 is 2.55 bits per heavy atom. The lowest BCUT2D eigenvalue weighted by Crippen LogP contribution is -2.39. The molecule has 1 heterocycles. The third-order valence-corrected chi connectivity index (χ3v) is 3.02. The second kappa shape index (κ2) is 6.04. The van der Waals surface area contributed by atoms with E-state index in [1.54, 1.807) is 24.3 Å². The zero-order chi connectivity index (χ0) is 14.6. The zero-order valence-corrected chi connectivity index (χ0v) is 10.8. The van der Waals surface area contributed by atoms with Gasteiger partial charge in [0.1, 0.15) is 16.9 Å². The minimum absolute atomic E-state index is 0.0801. The van der Waals surface area contributed by atoms with E-state index in [0.29, 0.717) is 11.3 Å². The van der Waals surface area contributed by atoms with Gasteiger partial charge in [0, 0.05) is 23.9 Å². The molecular weight excluding hydrogens is 264 g/mol. The van der Waals surface area contributed by atoms with E-state index >= 15 is 0 Å². The third kappa shape index (κ3) is 3.36. The fourth-order valence-electron chi connectivity index (χ4n) is 1.70. The minimum Gasteiger partial charge on any atom is -0.493 e. The maximum Gasteiger partial charge on any atom is 0.336 e. The summed E-state index contributed by atoms with van der Waals surface area (Å²) < 4.78 is 10.4. The molecule has 0 aliphatic heterocycles. The number of aliphatic hydroxyl groups is 3. The van der Waals surface area contributed by atoms with Crippen molar-refractivity contribution >= 4 is 11.0 Å². The van der Waals surface area contributed by atoms with E-state index in [9.17, 15) is 9.90 Å². The molecule has 3 N–H and O–H groups in total. The molecule has 0 unspecified atom stereocenters. The van der Waals surface area contributed by atoms with E-state index < -0.39 is 24.4 Å². The number of hydrogen-bond acceptors (Lipinski definition) is 6. The maximum atomic E-state index is 11.1. The van der Waals surface area contributed by atoms with Gasteiger partial charge in [-0.2, -0.15) is 0 Å². The Balaban J connectivity index is 2.05. The first-order valence-electron chi connectivity index (χ1n) is 6.17. The normalized spacial score (nSPS) is 11.8. The van der Waals surface area contributed by atoms with Crippen molar-refractivity contribution in [1.29, 1.82) is 0 Å². The van der Waals surface area contributed by atoms with Crippen molar-refractivity contribution in [3.05, 3.63) is 40.8 Å². The molecule has 2 rings (SSSR count). The van der Waals surface area contributed by atoms with Crippen molar-refractivity contribution in [3.63, 3.8) is 0 Å². The molecule has 0 saturated carbocycles. The molecule has 0 amide bonds. The molecule has 6 heteroatoms. The lowest BCUT2D eigenvalue weighted by Gasteiger charge is -2.22. The van der Waals surface area contributed by atoms with Gasteiger partial charge in [-0.15, -0.1) is 0 Å². The van der Waals surface area contributed by atoms with Crippen molar-refractivity contribution in [1.82, 2.24) is 0 Å². The van der Waals surface area contributed by atoms with Gasteiger partial charge in [-0.05, 0) is 18.2 Å². The highest BCUT2D eigenvalue weighted by Crippen LogP contribution is 2.20. The minimum atomic E-state index is -1.55. The number of rotatable bonds is 6. The number of benzene rings is 1. The largest absolute Gasteiger partial charge is 0.493 e. The highest BCUT2D eigenvalue weighted by Gasteiger charge is 2.24. The molecule has 0 spiro atoms. The number of hydrogen-bond donors (Lipinski definition) is 3. The standard InChI is InChI=1S/C14H16O6/c15-8-14(18,9-16)5-6-19-11-3-1-10-2-4-13(17)20-12(10)7-11/h1-4,7,15-16,18H,5-6,8-9H2. The van der Waals surface area contributed by atoms with Gasteiger partial charge in [0.25, 0.3) is 0 Å². The molecule has 0 saturated heterocycles. The summed E-state index contributed by atoms with van der Waals surface area (Å²) in [6.07, 6.45) is 0.0801. The summed E-state index contributed by atoms with van der Waals surface area (Å²) in [6, 6.07) is 8.03. The topological polar surface area (TPSA) is 100 Å². The highest BCUT2D eigenvalue weighted by molar-refractivity contribution is 5.77. The van der Waals surface area contributed by atoms with E-state index in [-0.39, 0.29) is 13.0 Å². The van der Waals surface area contributed by atoms with Gasteiger partial charge < -0.3 is 24.5 Å². The summed E-state index contributed by atoms with van der Waals surface area (Å²) in [7, 11) is 0. The van der Waals surface area contributed by atoms with Crippen LogP contribution in [0.5, 0.6) is 5.75 Å². The van der Waals surface area contributed by atoms with Crippen molar-refractivity contribution in [3.8, 4) is 5.75 Å². The van der Waals surface area contributed by atoms with Crippen LogP contribution in [0, 0.1) is 0 Å². The first-order chi connectivity index (χ1) is 9.56. The van der Waals surface area contributed by atoms with E-state index in [4.69, 9.17) is 19.4 Å². The molecule has 0 aliphatic carbocycles. The van der Waals surface area contributed by atoms with Crippen LogP contribution in [-0.4, -0.2) is 40.7 Å². The summed E-state index contributed by atoms with van der Waals surface area (Å²) in [6.45, 7) is -0.973. The van der Waals surface area contributed by atoms with Gasteiger partial charge in [0.15, 0.2) is 0 Å². The summed E-state index contributed by atoms with van der Waals surface area (Å²) >= 11 is 0. The van der Waals surface area contributed by atoms with E-state index in [1.165, 1.54) is 6.07 Å². The van der Waals surface area contributed by atoms with Gasteiger partial charge in [0.2, 0.25) is 0 Å². The van der Waals surface area contributed by atoms with Crippen LogP contribution in [0.15, 0.2) is 39.5 Å². The molecule has 108 valence electrons. The molecule has 2 aromatic rings. The van der Waals surface area contributed by atoms with Crippen molar-refractivity contribution in [2.24, 2.45) is 0 Å². The average Bonchev–Trinajstić information content (AvgIpc) is 2.46. The summed E-state index contributed by atoms with van der Waals surface area (Å²) in [5.41, 5.74) is -1.58. The molecule has 0 fully saturated rings. The summed E-state index contributed by atoms with van der Waals surface area (Å²) in [4.78, 5) is 11.1. The van der Waals surface area contributed by atoms with Crippen molar-refractivity contribution in [2.75, 3.05) is 19.8 Å². The second-order valence-electron chi connectivity index (χ2n) is 4.59. The SMILES string of the molecule is O=c1ccc2ccc(OCCC(O)(CO)CO)cc2o1. The van der Waals surface area contributed by atoms with Crippen LogP contribution < -0.4 is 10.4 Å². The van der Waals surface area contributed by atoms with E-state index in [1.807, 2.05) is 0 Å². The number of aliphatic hydroxyl groups excluding tert-OH is 2. The van der Waals surface area contributed by atoms with Gasteiger partial charge in [0.05, 0.1) is 19.8 Å². The van der Waals surface area contributed by atoms with E-state index in [0.717, 1.165) is 5.39 Å². The Morgan fingerprint density at radius 2 is 1.85 bits per heavy atom. The first-order valence-corrected chi connectivity index (χ1v) is 6.17. The molecule has 0 atom stereocenters. The molecule has 1 aromatic carbocycles. The quantitative estimate of drug-likeness (QED) is 0.657. The maximum absolute atomic E-state index is 11.1. The Bertz CT molecular complexity index is 629. The third-order valence-electron chi connectivity index (χ3n) is 3.02. The monoisotopic (exact) mass is 280 g/mol. The fourth-order valence-corrected chi connectivity index (χ4v) is 1.70. The summed E-state index contributed by atoms with van der Waals surface area (Å²) in [5, 5.41) is 28.3. The Morgan fingerprint density at radius 1 is 1.15 bits per heavy atom.